The van der Waals surface area contributed by atoms with Crippen molar-refractivity contribution in [3.05, 3.63) is 46.8 Å². The normalized spacial score (nSPS) is 25.2. The van der Waals surface area contributed by atoms with Gasteiger partial charge in [0.2, 0.25) is 17.5 Å². The average molecular weight is 462 g/mol. The summed E-state index contributed by atoms with van der Waals surface area (Å²) in [5.74, 6) is -1.14. The lowest BCUT2D eigenvalue weighted by Crippen LogP contribution is -2.60. The number of phenols is 2. The molecule has 11 heteroatoms. The fraction of sp³-hybridized carbons (Fsp3) is 0.318. The summed E-state index contributed by atoms with van der Waals surface area (Å²) in [7, 11) is 1.21. The van der Waals surface area contributed by atoms with Gasteiger partial charge in [0.25, 0.3) is 0 Å². The first-order valence-corrected chi connectivity index (χ1v) is 9.88. The van der Waals surface area contributed by atoms with Crippen molar-refractivity contribution in [2.75, 3.05) is 13.7 Å². The fourth-order valence-electron chi connectivity index (χ4n) is 3.67. The van der Waals surface area contributed by atoms with Crippen LogP contribution in [0.1, 0.15) is 0 Å². The molecule has 1 saturated heterocycles. The van der Waals surface area contributed by atoms with E-state index in [0.29, 0.717) is 5.56 Å². The van der Waals surface area contributed by atoms with Crippen molar-refractivity contribution in [2.24, 2.45) is 0 Å². The number of aliphatic hydroxyl groups excluding tert-OH is 4. The third kappa shape index (κ3) is 3.96. The molecule has 33 heavy (non-hydrogen) atoms. The van der Waals surface area contributed by atoms with Crippen LogP contribution in [0, 0.1) is 0 Å². The van der Waals surface area contributed by atoms with Crippen molar-refractivity contribution < 1.29 is 49.3 Å². The first-order valence-electron chi connectivity index (χ1n) is 9.88. The van der Waals surface area contributed by atoms with E-state index in [0.717, 1.165) is 6.26 Å². The molecule has 5 unspecified atom stereocenters. The van der Waals surface area contributed by atoms with Gasteiger partial charge in [-0.25, -0.2) is 0 Å². The fourth-order valence-corrected chi connectivity index (χ4v) is 3.67. The van der Waals surface area contributed by atoms with E-state index >= 15 is 0 Å². The molecule has 0 spiro atoms. The highest BCUT2D eigenvalue weighted by molar-refractivity contribution is 5.91. The molecule has 5 atom stereocenters. The second kappa shape index (κ2) is 8.89. The van der Waals surface area contributed by atoms with E-state index in [1.165, 1.54) is 25.3 Å². The topological polar surface area (TPSA) is 179 Å². The first-order chi connectivity index (χ1) is 15.8. The molecule has 1 aromatic heterocycles. The van der Waals surface area contributed by atoms with Crippen LogP contribution < -0.4 is 14.9 Å². The smallest absolute Gasteiger partial charge is 0.229 e. The van der Waals surface area contributed by atoms with Crippen LogP contribution in [0.4, 0.5) is 0 Å². The lowest BCUT2D eigenvalue weighted by Gasteiger charge is -2.39. The number of fused-ring (bicyclic) bond motifs is 1. The Kier molecular flexibility index (Phi) is 6.15. The highest BCUT2D eigenvalue weighted by Crippen LogP contribution is 2.43. The van der Waals surface area contributed by atoms with Crippen LogP contribution in [-0.4, -0.2) is 75.1 Å². The molecule has 3 aromatic rings. The molecule has 0 bridgehead atoms. The van der Waals surface area contributed by atoms with Crippen LogP contribution in [0.15, 0.2) is 45.8 Å². The van der Waals surface area contributed by atoms with Gasteiger partial charge in [0.15, 0.2) is 11.5 Å². The minimum atomic E-state index is -1.70. The van der Waals surface area contributed by atoms with Gasteiger partial charge in [-0.2, -0.15) is 0 Å². The van der Waals surface area contributed by atoms with Crippen molar-refractivity contribution >= 4 is 11.0 Å². The molecule has 0 radical (unpaired) electrons. The zero-order valence-electron chi connectivity index (χ0n) is 17.3. The van der Waals surface area contributed by atoms with E-state index in [9.17, 15) is 35.4 Å². The molecule has 2 heterocycles. The molecular formula is C22H22O11. The van der Waals surface area contributed by atoms with Crippen molar-refractivity contribution in [3.8, 4) is 34.1 Å². The standard InChI is InChI=1S/C22H22O11/c1-30-21-13(32-22-20(29)19(28)17(26)14(7-23)33-22)6-12-15(18(21)27)16(25)11(8-31-12)9-3-2-4-10(24)5-9/h2-6,8,14,17,19-20,22-24,26-29H,7H2,1H3. The Hall–Kier alpha value is -3.35. The Balaban J connectivity index is 1.78. The quantitative estimate of drug-likeness (QED) is 0.302. The van der Waals surface area contributed by atoms with Gasteiger partial charge in [-0.3, -0.25) is 4.79 Å². The van der Waals surface area contributed by atoms with Crippen LogP contribution >= 0.6 is 0 Å². The number of hydrogen-bond donors (Lipinski definition) is 6. The Bertz CT molecular complexity index is 1220. The van der Waals surface area contributed by atoms with Gasteiger partial charge in [-0.1, -0.05) is 12.1 Å². The summed E-state index contributed by atoms with van der Waals surface area (Å²) >= 11 is 0. The first kappa shape index (κ1) is 22.8. The highest BCUT2D eigenvalue weighted by atomic mass is 16.7. The van der Waals surface area contributed by atoms with Gasteiger partial charge < -0.3 is 49.3 Å². The molecule has 2 aromatic carbocycles. The predicted molar refractivity (Wildman–Crippen MR) is 112 cm³/mol. The zero-order valence-corrected chi connectivity index (χ0v) is 17.3. The summed E-state index contributed by atoms with van der Waals surface area (Å²) in [6.45, 7) is -0.655. The Morgan fingerprint density at radius 1 is 1.06 bits per heavy atom. The molecule has 176 valence electrons. The van der Waals surface area contributed by atoms with E-state index in [1.54, 1.807) is 12.1 Å². The summed E-state index contributed by atoms with van der Waals surface area (Å²) in [5, 5.41) is 59.7. The molecule has 6 N–H and O–H groups in total. The number of aromatic hydroxyl groups is 2. The number of benzene rings is 2. The third-order valence-corrected chi connectivity index (χ3v) is 5.41. The maximum atomic E-state index is 13.1. The van der Waals surface area contributed by atoms with Crippen molar-refractivity contribution in [1.29, 1.82) is 0 Å². The van der Waals surface area contributed by atoms with Crippen molar-refractivity contribution in [2.45, 2.75) is 30.7 Å². The number of methoxy groups -OCH3 is 1. The summed E-state index contributed by atoms with van der Waals surface area (Å²) in [5.41, 5.74) is -0.233. The number of phenolic OH excluding ortho intramolecular Hbond substituents is 2. The lowest BCUT2D eigenvalue weighted by molar-refractivity contribution is -0.277. The molecule has 0 aliphatic carbocycles. The van der Waals surface area contributed by atoms with Gasteiger partial charge in [0, 0.05) is 6.07 Å². The van der Waals surface area contributed by atoms with E-state index in [4.69, 9.17) is 18.6 Å². The molecule has 11 nitrogen and oxygen atoms in total. The highest BCUT2D eigenvalue weighted by Gasteiger charge is 2.45. The van der Waals surface area contributed by atoms with Gasteiger partial charge in [-0.05, 0) is 17.7 Å². The molecular weight excluding hydrogens is 440 g/mol. The van der Waals surface area contributed by atoms with Crippen molar-refractivity contribution in [3.63, 3.8) is 0 Å². The van der Waals surface area contributed by atoms with Gasteiger partial charge in [0.05, 0.1) is 19.3 Å². The Morgan fingerprint density at radius 2 is 1.82 bits per heavy atom. The molecule has 1 aliphatic rings. The zero-order chi connectivity index (χ0) is 23.9. The van der Waals surface area contributed by atoms with E-state index in [1.807, 2.05) is 0 Å². The van der Waals surface area contributed by atoms with Gasteiger partial charge >= 0.3 is 0 Å². The molecule has 0 saturated carbocycles. The summed E-state index contributed by atoms with van der Waals surface area (Å²) in [6.07, 6.45) is -6.57. The third-order valence-electron chi connectivity index (χ3n) is 5.41. The SMILES string of the molecule is COc1c(OC2OC(CO)C(O)C(O)C2O)cc2occ(-c3cccc(O)c3)c(=O)c2c1O. The minimum absolute atomic E-state index is 0.0583. The summed E-state index contributed by atoms with van der Waals surface area (Å²) in [4.78, 5) is 13.1. The molecule has 1 aliphatic heterocycles. The van der Waals surface area contributed by atoms with Gasteiger partial charge in [0.1, 0.15) is 47.4 Å². The average Bonchev–Trinajstić information content (AvgIpc) is 2.79. The van der Waals surface area contributed by atoms with Crippen LogP contribution in [0.5, 0.6) is 23.0 Å². The maximum absolute atomic E-state index is 13.1. The van der Waals surface area contributed by atoms with Crippen LogP contribution in [-0.2, 0) is 4.74 Å². The monoisotopic (exact) mass is 462 g/mol. The number of hydrogen-bond acceptors (Lipinski definition) is 11. The second-order valence-corrected chi connectivity index (χ2v) is 7.47. The molecule has 0 amide bonds. The van der Waals surface area contributed by atoms with Gasteiger partial charge in [-0.15, -0.1) is 0 Å². The maximum Gasteiger partial charge on any atom is 0.229 e. The van der Waals surface area contributed by atoms with Crippen LogP contribution in [0.2, 0.25) is 0 Å². The molecule has 1 fully saturated rings. The Labute approximate surface area is 186 Å². The van der Waals surface area contributed by atoms with E-state index < -0.39 is 48.5 Å². The summed E-state index contributed by atoms with van der Waals surface area (Å²) in [6, 6.07) is 7.16. The number of rotatable bonds is 5. The van der Waals surface area contributed by atoms with Crippen LogP contribution in [0.25, 0.3) is 22.1 Å². The number of aliphatic hydroxyl groups is 4. The van der Waals surface area contributed by atoms with E-state index in [2.05, 4.69) is 0 Å². The largest absolute Gasteiger partial charge is 0.508 e. The second-order valence-electron chi connectivity index (χ2n) is 7.47. The number of ether oxygens (including phenoxy) is 3. The van der Waals surface area contributed by atoms with Crippen LogP contribution in [0.3, 0.4) is 0 Å². The predicted octanol–water partition coefficient (Wildman–Crippen LogP) is 0.0585. The molecule has 4 rings (SSSR count). The van der Waals surface area contributed by atoms with E-state index in [-0.39, 0.29) is 33.8 Å². The minimum Gasteiger partial charge on any atom is -0.508 e. The summed E-state index contributed by atoms with van der Waals surface area (Å²) < 4.78 is 21.6. The Morgan fingerprint density at radius 3 is 2.48 bits per heavy atom. The van der Waals surface area contributed by atoms with Crippen molar-refractivity contribution in [1.82, 2.24) is 0 Å². The lowest BCUT2D eigenvalue weighted by atomic mass is 9.99.